The second-order valence-electron chi connectivity index (χ2n) is 5.29. The summed E-state index contributed by atoms with van der Waals surface area (Å²) in [6.45, 7) is 0. The van der Waals surface area contributed by atoms with Crippen LogP contribution in [0.2, 0.25) is 0 Å². The molecule has 1 nitrogen and oxygen atoms in total. The van der Waals surface area contributed by atoms with E-state index in [-0.39, 0.29) is 0 Å². The first-order valence-electron chi connectivity index (χ1n) is 6.11. The van der Waals surface area contributed by atoms with E-state index in [0.717, 1.165) is 31.4 Å². The van der Waals surface area contributed by atoms with Gasteiger partial charge in [-0.3, -0.25) is 4.79 Å². The van der Waals surface area contributed by atoms with Crippen molar-refractivity contribution >= 4 is 49.0 Å². The number of Topliss-reactive ketones (excluding diaryl/α,β-unsaturated/α-hetero) is 1. The molecule has 4 heteroatoms. The summed E-state index contributed by atoms with van der Waals surface area (Å²) in [5, 5.41) is 0. The van der Waals surface area contributed by atoms with Crippen LogP contribution in [-0.4, -0.2) is 5.78 Å². The third kappa shape index (κ3) is 2.41. The summed E-state index contributed by atoms with van der Waals surface area (Å²) in [4.78, 5) is 13.1. The van der Waals surface area contributed by atoms with Gasteiger partial charge in [0.05, 0.1) is 8.66 Å². The maximum atomic E-state index is 12.2. The molecule has 3 rings (SSSR count). The van der Waals surface area contributed by atoms with Crippen molar-refractivity contribution in [1.29, 1.82) is 0 Å². The zero-order valence-electron chi connectivity index (χ0n) is 9.42. The first-order chi connectivity index (χ1) is 8.13. The largest absolute Gasteiger partial charge is 0.293 e. The summed E-state index contributed by atoms with van der Waals surface area (Å²) in [5.74, 6) is 2.77. The number of carbonyl (C=O) groups excluding carboxylic acids is 1. The van der Waals surface area contributed by atoms with Gasteiger partial charge in [-0.1, -0.05) is 6.42 Å². The van der Waals surface area contributed by atoms with Crippen LogP contribution in [0.3, 0.4) is 0 Å². The van der Waals surface area contributed by atoms with E-state index in [1.54, 1.807) is 11.3 Å². The number of carbonyl (C=O) groups is 1. The first-order valence-corrected chi connectivity index (χ1v) is 8.51. The number of hydrogen-bond acceptors (Lipinski definition) is 2. The lowest BCUT2D eigenvalue weighted by molar-refractivity contribution is 0.0948. The van der Waals surface area contributed by atoms with Crippen molar-refractivity contribution in [3.63, 3.8) is 0 Å². The van der Waals surface area contributed by atoms with Crippen LogP contribution in [0.1, 0.15) is 41.8 Å². The van der Waals surface area contributed by atoms with E-state index in [1.165, 1.54) is 25.7 Å². The van der Waals surface area contributed by atoms with Gasteiger partial charge in [0.2, 0.25) is 0 Å². The molecule has 0 N–H and O–H groups in total. The molecular formula is C13H14Br2OS. The second kappa shape index (κ2) is 4.78. The van der Waals surface area contributed by atoms with Crippen molar-refractivity contribution in [2.45, 2.75) is 32.1 Å². The van der Waals surface area contributed by atoms with E-state index < -0.39 is 0 Å². The molecule has 0 saturated heterocycles. The summed E-state index contributed by atoms with van der Waals surface area (Å²) in [6, 6.07) is 1.95. The van der Waals surface area contributed by atoms with Gasteiger partial charge in [-0.25, -0.2) is 0 Å². The van der Waals surface area contributed by atoms with Crippen molar-refractivity contribution in [3.05, 3.63) is 19.2 Å². The number of rotatable bonds is 3. The smallest absolute Gasteiger partial charge is 0.173 e. The highest BCUT2D eigenvalue weighted by atomic mass is 79.9. The molecule has 0 aliphatic heterocycles. The quantitative estimate of drug-likeness (QED) is 0.654. The molecule has 2 fully saturated rings. The number of thiophene rings is 1. The van der Waals surface area contributed by atoms with E-state index in [9.17, 15) is 4.79 Å². The molecule has 2 aliphatic rings. The Morgan fingerprint density at radius 3 is 2.71 bits per heavy atom. The zero-order chi connectivity index (χ0) is 12.0. The maximum Gasteiger partial charge on any atom is 0.173 e. The second-order valence-corrected chi connectivity index (χ2v) is 8.52. The fraction of sp³-hybridized carbons (Fsp3) is 0.615. The summed E-state index contributed by atoms with van der Waals surface area (Å²) in [5.41, 5.74) is 0. The van der Waals surface area contributed by atoms with Crippen LogP contribution in [0.25, 0.3) is 0 Å². The minimum absolute atomic E-state index is 0.332. The molecule has 2 bridgehead atoms. The predicted molar refractivity (Wildman–Crippen MR) is 77.6 cm³/mol. The van der Waals surface area contributed by atoms with Crippen LogP contribution in [0.15, 0.2) is 14.3 Å². The van der Waals surface area contributed by atoms with Crippen molar-refractivity contribution in [2.75, 3.05) is 0 Å². The van der Waals surface area contributed by atoms with E-state index >= 15 is 0 Å². The minimum atomic E-state index is 0.332. The average Bonchev–Trinajstić information content (AvgIpc) is 2.95. The Balaban J connectivity index is 1.67. The predicted octanol–water partition coefficient (Wildman–Crippen LogP) is 5.28. The van der Waals surface area contributed by atoms with Crippen molar-refractivity contribution < 1.29 is 4.79 Å². The van der Waals surface area contributed by atoms with E-state index in [4.69, 9.17) is 0 Å². The summed E-state index contributed by atoms with van der Waals surface area (Å²) >= 11 is 8.44. The number of hydrogen-bond donors (Lipinski definition) is 0. The Labute approximate surface area is 122 Å². The van der Waals surface area contributed by atoms with E-state index in [1.807, 2.05) is 6.07 Å². The topological polar surface area (TPSA) is 17.1 Å². The van der Waals surface area contributed by atoms with Gasteiger partial charge in [-0.15, -0.1) is 11.3 Å². The van der Waals surface area contributed by atoms with Crippen LogP contribution in [0, 0.1) is 17.8 Å². The molecule has 3 unspecified atom stereocenters. The third-order valence-electron chi connectivity index (χ3n) is 4.25. The fourth-order valence-corrected chi connectivity index (χ4v) is 5.43. The van der Waals surface area contributed by atoms with Crippen molar-refractivity contribution in [1.82, 2.24) is 0 Å². The van der Waals surface area contributed by atoms with Crippen LogP contribution in [-0.2, 0) is 0 Å². The molecule has 0 aromatic carbocycles. The van der Waals surface area contributed by atoms with Gasteiger partial charge in [0.15, 0.2) is 5.78 Å². The highest BCUT2D eigenvalue weighted by Gasteiger charge is 2.40. The molecule has 2 aliphatic carbocycles. The molecule has 92 valence electrons. The standard InChI is InChI=1S/C13H14Br2OS/c14-10-6-12(17-13(10)15)11(16)5-9-4-7-1-2-8(9)3-7/h6-9H,1-5H2. The SMILES string of the molecule is O=C(CC1CC2CCC1C2)c1cc(Br)c(Br)s1. The number of fused-ring (bicyclic) bond motifs is 2. The number of ketones is 1. The van der Waals surface area contributed by atoms with E-state index in [2.05, 4.69) is 31.9 Å². The monoisotopic (exact) mass is 376 g/mol. The van der Waals surface area contributed by atoms with Crippen molar-refractivity contribution in [3.8, 4) is 0 Å². The van der Waals surface area contributed by atoms with Crippen LogP contribution in [0.5, 0.6) is 0 Å². The molecule has 17 heavy (non-hydrogen) atoms. The van der Waals surface area contributed by atoms with Gasteiger partial charge in [0.1, 0.15) is 0 Å². The Morgan fingerprint density at radius 1 is 1.35 bits per heavy atom. The highest BCUT2D eigenvalue weighted by Crippen LogP contribution is 2.50. The molecular weight excluding hydrogens is 364 g/mol. The lowest BCUT2D eigenvalue weighted by Crippen LogP contribution is -2.14. The Hall–Kier alpha value is 0.330. The first kappa shape index (κ1) is 12.4. The zero-order valence-corrected chi connectivity index (χ0v) is 13.4. The Bertz CT molecular complexity index is 435. The number of halogens is 2. The average molecular weight is 378 g/mol. The Kier molecular flexibility index (Phi) is 3.48. The summed E-state index contributed by atoms with van der Waals surface area (Å²) < 4.78 is 2.02. The van der Waals surface area contributed by atoms with Gasteiger partial charge < -0.3 is 0 Å². The van der Waals surface area contributed by atoms with Gasteiger partial charge in [-0.2, -0.15) is 0 Å². The van der Waals surface area contributed by atoms with Crippen LogP contribution >= 0.6 is 43.2 Å². The molecule has 0 spiro atoms. The van der Waals surface area contributed by atoms with Gasteiger partial charge in [-0.05, 0) is 74.9 Å². The third-order valence-corrected chi connectivity index (χ3v) is 7.55. The normalized spacial score (nSPS) is 31.1. The van der Waals surface area contributed by atoms with Gasteiger partial charge in [0, 0.05) is 10.9 Å². The van der Waals surface area contributed by atoms with E-state index in [0.29, 0.717) is 11.7 Å². The molecule has 2 saturated carbocycles. The lowest BCUT2D eigenvalue weighted by Gasteiger charge is -2.20. The van der Waals surface area contributed by atoms with Gasteiger partial charge >= 0.3 is 0 Å². The van der Waals surface area contributed by atoms with Crippen LogP contribution < -0.4 is 0 Å². The lowest BCUT2D eigenvalue weighted by atomic mass is 9.85. The Morgan fingerprint density at radius 2 is 2.18 bits per heavy atom. The highest BCUT2D eigenvalue weighted by molar-refractivity contribution is 9.13. The molecule has 1 aromatic rings. The maximum absolute atomic E-state index is 12.2. The molecule has 1 aromatic heterocycles. The fourth-order valence-electron chi connectivity index (χ4n) is 3.45. The molecule has 0 radical (unpaired) electrons. The minimum Gasteiger partial charge on any atom is -0.293 e. The van der Waals surface area contributed by atoms with Gasteiger partial charge in [0.25, 0.3) is 0 Å². The molecule has 3 atom stereocenters. The van der Waals surface area contributed by atoms with Crippen LogP contribution in [0.4, 0.5) is 0 Å². The van der Waals surface area contributed by atoms with Crippen molar-refractivity contribution in [2.24, 2.45) is 17.8 Å². The summed E-state index contributed by atoms with van der Waals surface area (Å²) in [7, 11) is 0. The molecule has 0 amide bonds. The molecule has 1 heterocycles. The summed E-state index contributed by atoms with van der Waals surface area (Å²) in [6.07, 6.45) is 6.21.